The van der Waals surface area contributed by atoms with E-state index in [0.29, 0.717) is 5.02 Å². The van der Waals surface area contributed by atoms with Crippen LogP contribution in [0.3, 0.4) is 0 Å². The zero-order chi connectivity index (χ0) is 16.9. The van der Waals surface area contributed by atoms with E-state index in [-0.39, 0.29) is 12.1 Å². The van der Waals surface area contributed by atoms with E-state index in [9.17, 15) is 4.79 Å². The summed E-state index contributed by atoms with van der Waals surface area (Å²) in [5, 5.41) is 3.68. The second kappa shape index (κ2) is 7.71. The highest BCUT2D eigenvalue weighted by molar-refractivity contribution is 6.30. The summed E-state index contributed by atoms with van der Waals surface area (Å²) in [5.74, 6) is 0. The number of hydrogen-bond acceptors (Lipinski definition) is 1. The molecule has 3 nitrogen and oxygen atoms in total. The van der Waals surface area contributed by atoms with Crippen molar-refractivity contribution in [1.82, 2.24) is 4.90 Å². The molecule has 0 radical (unpaired) electrons. The van der Waals surface area contributed by atoms with E-state index in [1.807, 2.05) is 17.0 Å². The number of benzene rings is 2. The third-order valence-electron chi connectivity index (χ3n) is 4.54. The number of nitrogens with zero attached hydrogens (tertiary/aromatic N) is 1. The SMILES string of the molecule is Cc1cccc(C2CCCCCN2C(=O)Nc2ccc(Cl)cc2)c1. The second-order valence-electron chi connectivity index (χ2n) is 6.41. The monoisotopic (exact) mass is 342 g/mol. The van der Waals surface area contributed by atoms with Crippen LogP contribution in [-0.2, 0) is 0 Å². The fraction of sp³-hybridized carbons (Fsp3) is 0.350. The average molecular weight is 343 g/mol. The first-order chi connectivity index (χ1) is 11.6. The molecular weight excluding hydrogens is 320 g/mol. The zero-order valence-corrected chi connectivity index (χ0v) is 14.7. The molecule has 2 aromatic carbocycles. The van der Waals surface area contributed by atoms with Gasteiger partial charge in [-0.3, -0.25) is 0 Å². The quantitative estimate of drug-likeness (QED) is 0.735. The molecule has 1 N–H and O–H groups in total. The first-order valence-corrected chi connectivity index (χ1v) is 8.91. The maximum Gasteiger partial charge on any atom is 0.322 e. The van der Waals surface area contributed by atoms with Gasteiger partial charge in [-0.1, -0.05) is 54.3 Å². The summed E-state index contributed by atoms with van der Waals surface area (Å²) in [6.07, 6.45) is 4.39. The highest BCUT2D eigenvalue weighted by Gasteiger charge is 2.26. The number of amides is 2. The number of anilines is 1. The average Bonchev–Trinajstić information content (AvgIpc) is 2.83. The largest absolute Gasteiger partial charge is 0.322 e. The first-order valence-electron chi connectivity index (χ1n) is 8.53. The number of nitrogens with one attached hydrogen (secondary N) is 1. The zero-order valence-electron chi connectivity index (χ0n) is 14.0. The van der Waals surface area contributed by atoms with Crippen molar-refractivity contribution in [3.8, 4) is 0 Å². The molecule has 0 bridgehead atoms. The Kier molecular flexibility index (Phi) is 5.41. The summed E-state index contributed by atoms with van der Waals surface area (Å²) in [6.45, 7) is 2.89. The van der Waals surface area contributed by atoms with Gasteiger partial charge in [0.15, 0.2) is 0 Å². The Morgan fingerprint density at radius 2 is 1.92 bits per heavy atom. The molecule has 0 aliphatic carbocycles. The van der Waals surface area contributed by atoms with Gasteiger partial charge >= 0.3 is 6.03 Å². The van der Waals surface area contributed by atoms with Crippen LogP contribution in [0, 0.1) is 6.92 Å². The van der Waals surface area contributed by atoms with Gasteiger partial charge in [0.2, 0.25) is 0 Å². The van der Waals surface area contributed by atoms with Crippen molar-refractivity contribution >= 4 is 23.3 Å². The predicted molar refractivity (Wildman–Crippen MR) is 99.6 cm³/mol. The molecule has 1 unspecified atom stereocenters. The molecule has 1 aliphatic rings. The van der Waals surface area contributed by atoms with E-state index in [0.717, 1.165) is 31.5 Å². The molecule has 1 aliphatic heterocycles. The molecule has 1 atom stereocenters. The molecule has 2 amide bonds. The third-order valence-corrected chi connectivity index (χ3v) is 4.79. The minimum atomic E-state index is -0.0364. The maximum atomic E-state index is 12.9. The van der Waals surface area contributed by atoms with Gasteiger partial charge in [0.25, 0.3) is 0 Å². The molecule has 1 saturated heterocycles. The minimum Gasteiger partial charge on any atom is -0.317 e. The van der Waals surface area contributed by atoms with Crippen LogP contribution in [0.2, 0.25) is 5.02 Å². The van der Waals surface area contributed by atoms with E-state index >= 15 is 0 Å². The van der Waals surface area contributed by atoms with Gasteiger partial charge in [0.05, 0.1) is 6.04 Å². The van der Waals surface area contributed by atoms with Crippen molar-refractivity contribution < 1.29 is 4.79 Å². The van der Waals surface area contributed by atoms with Gasteiger partial charge in [-0.15, -0.1) is 0 Å². The lowest BCUT2D eigenvalue weighted by molar-refractivity contribution is 0.189. The molecule has 4 heteroatoms. The van der Waals surface area contributed by atoms with Gasteiger partial charge in [-0.05, 0) is 49.6 Å². The number of halogens is 1. The summed E-state index contributed by atoms with van der Waals surface area (Å²) < 4.78 is 0. The fourth-order valence-electron chi connectivity index (χ4n) is 3.30. The Labute approximate surface area is 148 Å². The van der Waals surface area contributed by atoms with Crippen LogP contribution in [0.25, 0.3) is 0 Å². The van der Waals surface area contributed by atoms with Gasteiger partial charge in [0, 0.05) is 17.3 Å². The van der Waals surface area contributed by atoms with Crippen molar-refractivity contribution in [2.75, 3.05) is 11.9 Å². The Hall–Kier alpha value is -2.00. The van der Waals surface area contributed by atoms with Crippen LogP contribution in [0.5, 0.6) is 0 Å². The third kappa shape index (κ3) is 4.09. The van der Waals surface area contributed by atoms with E-state index in [4.69, 9.17) is 11.6 Å². The van der Waals surface area contributed by atoms with Crippen LogP contribution in [0.4, 0.5) is 10.5 Å². The topological polar surface area (TPSA) is 32.3 Å². The Bertz CT molecular complexity index is 699. The summed E-state index contributed by atoms with van der Waals surface area (Å²) in [6, 6.07) is 15.8. The molecule has 126 valence electrons. The standard InChI is InChI=1S/C20H23ClN2O/c1-15-6-5-7-16(14-15)19-8-3-2-4-13-23(19)20(24)22-18-11-9-17(21)10-12-18/h5-7,9-12,14,19H,2-4,8,13H2,1H3,(H,22,24). The predicted octanol–water partition coefficient (Wildman–Crippen LogP) is 5.80. The van der Waals surface area contributed by atoms with Crippen LogP contribution >= 0.6 is 11.6 Å². The van der Waals surface area contributed by atoms with Crippen molar-refractivity contribution in [3.05, 3.63) is 64.7 Å². The second-order valence-corrected chi connectivity index (χ2v) is 6.85. The lowest BCUT2D eigenvalue weighted by Crippen LogP contribution is -2.38. The molecule has 3 rings (SSSR count). The number of carbonyl (C=O) groups is 1. The summed E-state index contributed by atoms with van der Waals surface area (Å²) >= 11 is 5.91. The summed E-state index contributed by atoms with van der Waals surface area (Å²) in [5.41, 5.74) is 3.23. The molecule has 0 saturated carbocycles. The first kappa shape index (κ1) is 16.8. The Morgan fingerprint density at radius 3 is 2.67 bits per heavy atom. The molecular formula is C20H23ClN2O. The van der Waals surface area contributed by atoms with E-state index in [1.54, 1.807) is 12.1 Å². The molecule has 2 aromatic rings. The van der Waals surface area contributed by atoms with Gasteiger partial charge in [0.1, 0.15) is 0 Å². The number of hydrogen-bond donors (Lipinski definition) is 1. The lowest BCUT2D eigenvalue weighted by atomic mass is 9.99. The number of likely N-dealkylation sites (tertiary alicyclic amines) is 1. The van der Waals surface area contributed by atoms with Crippen molar-refractivity contribution in [2.45, 2.75) is 38.6 Å². The van der Waals surface area contributed by atoms with Crippen molar-refractivity contribution in [3.63, 3.8) is 0 Å². The smallest absolute Gasteiger partial charge is 0.317 e. The fourth-order valence-corrected chi connectivity index (χ4v) is 3.43. The van der Waals surface area contributed by atoms with Crippen LogP contribution in [0.15, 0.2) is 48.5 Å². The van der Waals surface area contributed by atoms with Crippen molar-refractivity contribution in [1.29, 1.82) is 0 Å². The number of aryl methyl sites for hydroxylation is 1. The van der Waals surface area contributed by atoms with Crippen molar-refractivity contribution in [2.24, 2.45) is 0 Å². The minimum absolute atomic E-state index is 0.0364. The maximum absolute atomic E-state index is 12.9. The van der Waals surface area contributed by atoms with Gasteiger partial charge < -0.3 is 10.2 Å². The summed E-state index contributed by atoms with van der Waals surface area (Å²) in [7, 11) is 0. The molecule has 1 heterocycles. The van der Waals surface area contributed by atoms with Crippen LogP contribution in [-0.4, -0.2) is 17.5 Å². The van der Waals surface area contributed by atoms with E-state index in [1.165, 1.54) is 17.5 Å². The highest BCUT2D eigenvalue weighted by atomic mass is 35.5. The van der Waals surface area contributed by atoms with Gasteiger partial charge in [-0.2, -0.15) is 0 Å². The number of carbonyl (C=O) groups excluding carboxylic acids is 1. The van der Waals surface area contributed by atoms with E-state index < -0.39 is 0 Å². The highest BCUT2D eigenvalue weighted by Crippen LogP contribution is 2.31. The van der Waals surface area contributed by atoms with Gasteiger partial charge in [-0.25, -0.2) is 4.79 Å². The van der Waals surface area contributed by atoms with E-state index in [2.05, 4.69) is 36.5 Å². The molecule has 0 spiro atoms. The molecule has 24 heavy (non-hydrogen) atoms. The Morgan fingerprint density at radius 1 is 1.12 bits per heavy atom. The number of urea groups is 1. The number of rotatable bonds is 2. The van der Waals surface area contributed by atoms with Crippen LogP contribution < -0.4 is 5.32 Å². The Balaban J connectivity index is 1.81. The molecule has 1 fully saturated rings. The lowest BCUT2D eigenvalue weighted by Gasteiger charge is -2.30. The van der Waals surface area contributed by atoms with Crippen LogP contribution in [0.1, 0.15) is 42.9 Å². The summed E-state index contributed by atoms with van der Waals surface area (Å²) in [4.78, 5) is 14.8. The normalized spacial score (nSPS) is 18.1. The molecule has 0 aromatic heterocycles.